The maximum Gasteiger partial charge on any atom is 0.317 e. The Balaban J connectivity index is 2.58. The second kappa shape index (κ2) is 9.78. The number of hydrogen-bond donors (Lipinski definition) is 0. The van der Waals surface area contributed by atoms with Gasteiger partial charge in [0, 0.05) is 25.3 Å². The van der Waals surface area contributed by atoms with Crippen LogP contribution in [0.15, 0.2) is 40.8 Å². The van der Waals surface area contributed by atoms with Crippen LogP contribution < -0.4 is 0 Å². The summed E-state index contributed by atoms with van der Waals surface area (Å²) in [4.78, 5) is 1.19. The first kappa shape index (κ1) is 17.0. The van der Waals surface area contributed by atoms with Gasteiger partial charge in [0.05, 0.1) is 11.5 Å². The first-order chi connectivity index (χ1) is 9.63. The number of benzene rings is 1. The average molecular weight is 293 g/mol. The summed E-state index contributed by atoms with van der Waals surface area (Å²) < 4.78 is 10.9. The van der Waals surface area contributed by atoms with Crippen LogP contribution in [0.1, 0.15) is 43.6 Å². The molecule has 0 radical (unpaired) electrons. The van der Waals surface area contributed by atoms with Crippen LogP contribution in [-0.4, -0.2) is 25.4 Å². The van der Waals surface area contributed by atoms with E-state index in [1.165, 1.54) is 10.5 Å². The van der Waals surface area contributed by atoms with Gasteiger partial charge in [-0.05, 0) is 32.4 Å². The molecule has 0 aliphatic heterocycles. The van der Waals surface area contributed by atoms with E-state index >= 15 is 0 Å². The van der Waals surface area contributed by atoms with E-state index in [1.807, 2.05) is 18.4 Å². The standard InChI is InChI=1S/C17H25O2S/c1-14(2)8-7-9-15(3)19-12-16-10-5-6-11-17(16)20-13-18-4/h5-6,8,10-12,15H,7,9,13H2,1-4H3/q+1. The van der Waals surface area contributed by atoms with Crippen LogP contribution in [0.5, 0.6) is 0 Å². The van der Waals surface area contributed by atoms with Gasteiger partial charge in [0.15, 0.2) is 0 Å². The first-order valence-corrected chi connectivity index (χ1v) is 7.95. The second-order valence-corrected chi connectivity index (χ2v) is 5.98. The van der Waals surface area contributed by atoms with Crippen LogP contribution in [0.3, 0.4) is 0 Å². The van der Waals surface area contributed by atoms with Gasteiger partial charge in [-0.3, -0.25) is 4.42 Å². The molecule has 0 saturated carbocycles. The van der Waals surface area contributed by atoms with Crippen LogP contribution in [0.25, 0.3) is 0 Å². The molecule has 20 heavy (non-hydrogen) atoms. The lowest BCUT2D eigenvalue weighted by Gasteiger charge is -2.01. The number of aldehydes is 1. The Morgan fingerprint density at radius 2 is 2.10 bits per heavy atom. The van der Waals surface area contributed by atoms with Crippen LogP contribution in [0.4, 0.5) is 0 Å². The van der Waals surface area contributed by atoms with Gasteiger partial charge in [-0.15, -0.1) is 0 Å². The fourth-order valence-corrected chi connectivity index (χ4v) is 2.40. The van der Waals surface area contributed by atoms with Crippen molar-refractivity contribution in [1.82, 2.24) is 0 Å². The average Bonchev–Trinajstić information content (AvgIpc) is 2.43. The topological polar surface area (TPSA) is 20.5 Å². The molecule has 1 rings (SSSR count). The number of ether oxygens (including phenoxy) is 1. The Hall–Kier alpha value is -1.06. The molecule has 0 spiro atoms. The largest absolute Gasteiger partial charge is 0.374 e. The molecular formula is C17H25O2S+. The lowest BCUT2D eigenvalue weighted by molar-refractivity contribution is -0.316. The summed E-state index contributed by atoms with van der Waals surface area (Å²) in [7, 11) is 1.71. The van der Waals surface area contributed by atoms with E-state index in [9.17, 15) is 0 Å². The van der Waals surface area contributed by atoms with Gasteiger partial charge in [-0.2, -0.15) is 0 Å². The summed E-state index contributed by atoms with van der Waals surface area (Å²) >= 11 is 1.68. The first-order valence-electron chi connectivity index (χ1n) is 6.96. The van der Waals surface area contributed by atoms with E-state index in [-0.39, 0.29) is 6.10 Å². The van der Waals surface area contributed by atoms with E-state index in [4.69, 9.17) is 9.16 Å². The van der Waals surface area contributed by atoms with Crippen molar-refractivity contribution in [3.63, 3.8) is 0 Å². The van der Waals surface area contributed by atoms with Crippen molar-refractivity contribution in [2.24, 2.45) is 0 Å². The molecule has 0 amide bonds. The van der Waals surface area contributed by atoms with E-state index in [1.54, 1.807) is 18.9 Å². The van der Waals surface area contributed by atoms with E-state index in [0.29, 0.717) is 5.94 Å². The summed E-state index contributed by atoms with van der Waals surface area (Å²) in [5, 5.41) is 0. The van der Waals surface area contributed by atoms with Crippen LogP contribution in [-0.2, 0) is 4.74 Å². The molecule has 0 bridgehead atoms. The van der Waals surface area contributed by atoms with Gasteiger partial charge in [-0.25, -0.2) is 0 Å². The third kappa shape index (κ3) is 6.92. The molecular weight excluding hydrogens is 268 g/mol. The molecule has 1 unspecified atom stereocenters. The molecule has 0 fully saturated rings. The molecule has 0 aromatic heterocycles. The van der Waals surface area contributed by atoms with E-state index in [2.05, 4.69) is 39.0 Å². The van der Waals surface area contributed by atoms with Crippen LogP contribution in [0, 0.1) is 0 Å². The number of thioether (sulfide) groups is 1. The predicted octanol–water partition coefficient (Wildman–Crippen LogP) is 4.87. The summed E-state index contributed by atoms with van der Waals surface area (Å²) in [6, 6.07) is 8.22. The summed E-state index contributed by atoms with van der Waals surface area (Å²) in [5.41, 5.74) is 2.48. The lowest BCUT2D eigenvalue weighted by Crippen LogP contribution is -1.99. The molecule has 1 atom stereocenters. The van der Waals surface area contributed by atoms with Crippen molar-refractivity contribution in [2.45, 2.75) is 44.6 Å². The van der Waals surface area contributed by atoms with Gasteiger partial charge in [-0.1, -0.05) is 35.5 Å². The maximum atomic E-state index is 5.82. The number of allylic oxidation sites excluding steroid dienone is 2. The second-order valence-electron chi connectivity index (χ2n) is 5.01. The zero-order valence-corrected chi connectivity index (χ0v) is 13.7. The molecule has 0 aliphatic rings. The molecule has 0 N–H and O–H groups in total. The van der Waals surface area contributed by atoms with Gasteiger partial charge >= 0.3 is 6.29 Å². The molecule has 2 nitrogen and oxygen atoms in total. The highest BCUT2D eigenvalue weighted by molar-refractivity contribution is 7.99. The summed E-state index contributed by atoms with van der Waals surface area (Å²) in [5.74, 6) is 0.654. The molecule has 0 saturated heterocycles. The number of rotatable bonds is 8. The van der Waals surface area contributed by atoms with Gasteiger partial charge in [0.25, 0.3) is 6.10 Å². The number of hydrogen-bond acceptors (Lipinski definition) is 2. The molecule has 3 heteroatoms. The van der Waals surface area contributed by atoms with Crippen molar-refractivity contribution in [3.8, 4) is 0 Å². The minimum atomic E-state index is 0.228. The van der Waals surface area contributed by atoms with Crippen molar-refractivity contribution in [2.75, 3.05) is 13.0 Å². The molecule has 1 aromatic rings. The smallest absolute Gasteiger partial charge is 0.317 e. The molecule has 0 heterocycles. The number of carbonyl (C=O) groups excluding carboxylic acids is 1. The normalized spacial score (nSPS) is 12.6. The molecule has 0 aliphatic carbocycles. The number of methoxy groups -OCH3 is 1. The van der Waals surface area contributed by atoms with Gasteiger partial charge in [0.1, 0.15) is 0 Å². The van der Waals surface area contributed by atoms with Crippen molar-refractivity contribution >= 4 is 18.0 Å². The maximum absolute atomic E-state index is 5.82. The van der Waals surface area contributed by atoms with Gasteiger partial charge in [0.2, 0.25) is 0 Å². The quantitative estimate of drug-likeness (QED) is 0.224. The Morgan fingerprint density at radius 1 is 1.35 bits per heavy atom. The monoisotopic (exact) mass is 293 g/mol. The Bertz CT molecular complexity index is 448. The SMILES string of the molecule is COCSc1ccccc1C=[O+]C(C)CCC=C(C)C. The lowest BCUT2D eigenvalue weighted by atomic mass is 10.2. The minimum absolute atomic E-state index is 0.228. The highest BCUT2D eigenvalue weighted by Crippen LogP contribution is 2.21. The fraction of sp³-hybridized carbons (Fsp3) is 0.471. The Labute approximate surface area is 126 Å². The third-order valence-electron chi connectivity index (χ3n) is 2.80. The molecule has 110 valence electrons. The zero-order valence-electron chi connectivity index (χ0n) is 12.9. The highest BCUT2D eigenvalue weighted by atomic mass is 32.2. The van der Waals surface area contributed by atoms with Crippen molar-refractivity contribution in [3.05, 3.63) is 41.5 Å². The van der Waals surface area contributed by atoms with Crippen LogP contribution in [0.2, 0.25) is 0 Å². The summed E-state index contributed by atoms with van der Waals surface area (Å²) in [6.07, 6.45) is 6.45. The zero-order chi connectivity index (χ0) is 14.8. The molecule has 1 aromatic carbocycles. The Morgan fingerprint density at radius 3 is 2.80 bits per heavy atom. The Kier molecular flexibility index (Phi) is 8.31. The van der Waals surface area contributed by atoms with Crippen LogP contribution >= 0.6 is 11.8 Å². The minimum Gasteiger partial charge on any atom is -0.374 e. The predicted molar refractivity (Wildman–Crippen MR) is 87.7 cm³/mol. The van der Waals surface area contributed by atoms with Gasteiger partial charge < -0.3 is 4.74 Å². The summed E-state index contributed by atoms with van der Waals surface area (Å²) in [6.45, 7) is 6.36. The highest BCUT2D eigenvalue weighted by Gasteiger charge is 2.10. The van der Waals surface area contributed by atoms with E-state index in [0.717, 1.165) is 18.4 Å². The van der Waals surface area contributed by atoms with E-state index < -0.39 is 0 Å². The fourth-order valence-electron chi connectivity index (χ4n) is 1.70. The van der Waals surface area contributed by atoms with Crippen molar-refractivity contribution < 1.29 is 9.16 Å². The third-order valence-corrected chi connectivity index (χ3v) is 3.84. The van der Waals surface area contributed by atoms with Crippen molar-refractivity contribution in [1.29, 1.82) is 0 Å².